The summed E-state index contributed by atoms with van der Waals surface area (Å²) < 4.78 is 47.7. The standard InChI is InChI=1S/C18H15F3N2O3/c1-17(2,26-12-6-4-3-5-7-12)15-14(18(19,20)21)22-13-10-11(16(24)25)8-9-23(13)15/h3-10H,1-2H3,(H,24,25). The van der Waals surface area contributed by atoms with Crippen LogP contribution in [0.3, 0.4) is 0 Å². The van der Waals surface area contributed by atoms with E-state index in [1.807, 2.05) is 0 Å². The number of benzene rings is 1. The zero-order valence-electron chi connectivity index (χ0n) is 13.9. The molecule has 0 amide bonds. The number of hydrogen-bond acceptors (Lipinski definition) is 3. The summed E-state index contributed by atoms with van der Waals surface area (Å²) >= 11 is 0. The molecule has 3 aromatic rings. The van der Waals surface area contributed by atoms with Crippen LogP contribution in [0.15, 0.2) is 48.7 Å². The SMILES string of the molecule is CC(C)(Oc1ccccc1)c1c(C(F)(F)F)nc2cc(C(=O)O)ccn12. The second-order valence-corrected chi connectivity index (χ2v) is 6.18. The highest BCUT2D eigenvalue weighted by Gasteiger charge is 2.43. The first kappa shape index (κ1) is 17.8. The van der Waals surface area contributed by atoms with Gasteiger partial charge in [-0.05, 0) is 38.1 Å². The Kier molecular flexibility index (Phi) is 4.14. The van der Waals surface area contributed by atoms with Gasteiger partial charge in [0.1, 0.15) is 17.0 Å². The maximum absolute atomic E-state index is 13.6. The third-order valence-electron chi connectivity index (χ3n) is 3.83. The maximum Gasteiger partial charge on any atom is 0.435 e. The van der Waals surface area contributed by atoms with Gasteiger partial charge in [0, 0.05) is 6.20 Å². The van der Waals surface area contributed by atoms with Crippen LogP contribution in [-0.4, -0.2) is 20.5 Å². The van der Waals surface area contributed by atoms with Crippen molar-refractivity contribution in [2.75, 3.05) is 0 Å². The van der Waals surface area contributed by atoms with Crippen molar-refractivity contribution in [2.45, 2.75) is 25.6 Å². The molecule has 2 aromatic heterocycles. The monoisotopic (exact) mass is 364 g/mol. The molecule has 8 heteroatoms. The number of aromatic nitrogens is 2. The van der Waals surface area contributed by atoms with E-state index in [9.17, 15) is 18.0 Å². The van der Waals surface area contributed by atoms with Crippen molar-refractivity contribution in [1.82, 2.24) is 9.38 Å². The molecule has 0 saturated heterocycles. The van der Waals surface area contributed by atoms with Crippen LogP contribution in [0.4, 0.5) is 13.2 Å². The van der Waals surface area contributed by atoms with Crippen LogP contribution in [0.5, 0.6) is 5.75 Å². The number of pyridine rings is 1. The summed E-state index contributed by atoms with van der Waals surface area (Å²) in [5.41, 5.74) is -2.96. The second kappa shape index (κ2) is 6.05. The van der Waals surface area contributed by atoms with Gasteiger partial charge in [-0.2, -0.15) is 13.2 Å². The number of carboxylic acid groups (broad SMARTS) is 1. The van der Waals surface area contributed by atoms with Crippen molar-refractivity contribution >= 4 is 11.6 Å². The van der Waals surface area contributed by atoms with Crippen molar-refractivity contribution in [1.29, 1.82) is 0 Å². The topological polar surface area (TPSA) is 63.8 Å². The van der Waals surface area contributed by atoms with Gasteiger partial charge in [0.05, 0.1) is 11.3 Å². The van der Waals surface area contributed by atoms with Crippen LogP contribution in [-0.2, 0) is 11.8 Å². The molecule has 0 radical (unpaired) electrons. The van der Waals surface area contributed by atoms with E-state index >= 15 is 0 Å². The summed E-state index contributed by atoms with van der Waals surface area (Å²) in [6.07, 6.45) is -3.46. The summed E-state index contributed by atoms with van der Waals surface area (Å²) in [5, 5.41) is 9.05. The number of alkyl halides is 3. The minimum absolute atomic E-state index is 0.114. The molecule has 0 fully saturated rings. The fourth-order valence-corrected chi connectivity index (χ4v) is 2.78. The average Bonchev–Trinajstić information content (AvgIpc) is 2.95. The van der Waals surface area contributed by atoms with Gasteiger partial charge in [0.15, 0.2) is 5.69 Å². The quantitative estimate of drug-likeness (QED) is 0.747. The summed E-state index contributed by atoms with van der Waals surface area (Å²) in [7, 11) is 0. The molecule has 0 unspecified atom stereocenters. The van der Waals surface area contributed by atoms with Gasteiger partial charge >= 0.3 is 12.1 Å². The van der Waals surface area contributed by atoms with Gasteiger partial charge in [-0.1, -0.05) is 18.2 Å². The normalized spacial score (nSPS) is 12.3. The molecule has 5 nitrogen and oxygen atoms in total. The number of nitrogens with zero attached hydrogens (tertiary/aromatic N) is 2. The third-order valence-corrected chi connectivity index (χ3v) is 3.83. The zero-order chi connectivity index (χ0) is 19.1. The molecule has 0 aliphatic carbocycles. The largest absolute Gasteiger partial charge is 0.482 e. The molecule has 0 saturated carbocycles. The number of fused-ring (bicyclic) bond motifs is 1. The fourth-order valence-electron chi connectivity index (χ4n) is 2.78. The number of halogens is 3. The molecule has 3 rings (SSSR count). The Labute approximate surface area is 146 Å². The van der Waals surface area contributed by atoms with E-state index in [2.05, 4.69) is 4.98 Å². The number of aromatic carboxylic acids is 1. The Balaban J connectivity index is 2.20. The van der Waals surface area contributed by atoms with Crippen LogP contribution >= 0.6 is 0 Å². The molecule has 2 heterocycles. The van der Waals surface area contributed by atoms with Crippen molar-refractivity contribution in [3.05, 3.63) is 65.6 Å². The first-order chi connectivity index (χ1) is 12.1. The average molecular weight is 364 g/mol. The number of carbonyl (C=O) groups is 1. The molecular weight excluding hydrogens is 349 g/mol. The molecule has 1 N–H and O–H groups in total. The van der Waals surface area contributed by atoms with Gasteiger partial charge in [-0.25, -0.2) is 9.78 Å². The molecule has 0 aliphatic heterocycles. The number of carboxylic acids is 1. The van der Waals surface area contributed by atoms with Gasteiger partial charge in [-0.15, -0.1) is 0 Å². The van der Waals surface area contributed by atoms with E-state index in [-0.39, 0.29) is 16.9 Å². The molecule has 1 aromatic carbocycles. The smallest absolute Gasteiger partial charge is 0.435 e. The second-order valence-electron chi connectivity index (χ2n) is 6.18. The molecule has 0 bridgehead atoms. The predicted molar refractivity (Wildman–Crippen MR) is 87.2 cm³/mol. The predicted octanol–water partition coefficient (Wildman–Crippen LogP) is 4.37. The highest BCUT2D eigenvalue weighted by molar-refractivity contribution is 5.88. The maximum atomic E-state index is 13.6. The number of rotatable bonds is 4. The molecule has 0 spiro atoms. The van der Waals surface area contributed by atoms with Gasteiger partial charge < -0.3 is 9.84 Å². The van der Waals surface area contributed by atoms with Crippen molar-refractivity contribution in [3.63, 3.8) is 0 Å². The Hall–Kier alpha value is -3.03. The van der Waals surface area contributed by atoms with Crippen molar-refractivity contribution in [3.8, 4) is 5.75 Å². The summed E-state index contributed by atoms with van der Waals surface area (Å²) in [6, 6.07) is 10.8. The van der Waals surface area contributed by atoms with E-state index in [4.69, 9.17) is 9.84 Å². The zero-order valence-corrected chi connectivity index (χ0v) is 13.9. The Morgan fingerprint density at radius 1 is 1.15 bits per heavy atom. The summed E-state index contributed by atoms with van der Waals surface area (Å²) in [5.74, 6) is -0.840. The van der Waals surface area contributed by atoms with Crippen molar-refractivity contribution < 1.29 is 27.8 Å². The lowest BCUT2D eigenvalue weighted by atomic mass is 10.0. The highest BCUT2D eigenvalue weighted by atomic mass is 19.4. The minimum atomic E-state index is -4.72. The Bertz CT molecular complexity index is 963. The van der Waals surface area contributed by atoms with E-state index in [0.29, 0.717) is 5.75 Å². The van der Waals surface area contributed by atoms with E-state index < -0.39 is 23.4 Å². The fraction of sp³-hybridized carbons (Fsp3) is 0.222. The molecule has 0 aliphatic rings. The molecule has 136 valence electrons. The van der Waals surface area contributed by atoms with E-state index in [1.54, 1.807) is 30.3 Å². The molecule has 26 heavy (non-hydrogen) atoms. The first-order valence-electron chi connectivity index (χ1n) is 7.67. The van der Waals surface area contributed by atoms with Crippen molar-refractivity contribution in [2.24, 2.45) is 0 Å². The Morgan fingerprint density at radius 3 is 2.38 bits per heavy atom. The van der Waals surface area contributed by atoms with E-state index in [0.717, 1.165) is 6.07 Å². The number of imidazole rings is 1. The minimum Gasteiger partial charge on any atom is -0.482 e. The van der Waals surface area contributed by atoms with Crippen LogP contribution in [0.1, 0.15) is 35.6 Å². The summed E-state index contributed by atoms with van der Waals surface area (Å²) in [4.78, 5) is 14.7. The molecule has 0 atom stereocenters. The van der Waals surface area contributed by atoms with Gasteiger partial charge in [-0.3, -0.25) is 4.40 Å². The van der Waals surface area contributed by atoms with Crippen LogP contribution in [0, 0.1) is 0 Å². The Morgan fingerprint density at radius 2 is 1.81 bits per heavy atom. The lowest BCUT2D eigenvalue weighted by molar-refractivity contribution is -0.143. The number of ether oxygens (including phenoxy) is 1. The van der Waals surface area contributed by atoms with Gasteiger partial charge in [0.25, 0.3) is 0 Å². The number of hydrogen-bond donors (Lipinski definition) is 1. The summed E-state index contributed by atoms with van der Waals surface area (Å²) in [6.45, 7) is 3.01. The number of para-hydroxylation sites is 1. The van der Waals surface area contributed by atoms with Gasteiger partial charge in [0.2, 0.25) is 0 Å². The first-order valence-corrected chi connectivity index (χ1v) is 7.67. The van der Waals surface area contributed by atoms with E-state index in [1.165, 1.54) is 30.5 Å². The highest BCUT2D eigenvalue weighted by Crippen LogP contribution is 2.38. The molecular formula is C18H15F3N2O3. The third kappa shape index (κ3) is 3.22. The lowest BCUT2D eigenvalue weighted by Gasteiger charge is -2.27. The van der Waals surface area contributed by atoms with Crippen LogP contribution in [0.2, 0.25) is 0 Å². The van der Waals surface area contributed by atoms with Crippen LogP contribution in [0.25, 0.3) is 5.65 Å². The lowest BCUT2D eigenvalue weighted by Crippen LogP contribution is -2.30. The van der Waals surface area contributed by atoms with Crippen LogP contribution < -0.4 is 4.74 Å².